The van der Waals surface area contributed by atoms with Crippen molar-refractivity contribution >= 4 is 55.2 Å². The number of thiazole rings is 1. The van der Waals surface area contributed by atoms with Gasteiger partial charge in [-0.1, -0.05) is 78.7 Å². The van der Waals surface area contributed by atoms with E-state index in [1.807, 2.05) is 37.3 Å². The van der Waals surface area contributed by atoms with E-state index in [-0.39, 0.29) is 12.2 Å². The predicted octanol–water partition coefficient (Wildman–Crippen LogP) is 6.24. The molecule has 1 aromatic heterocycles. The monoisotopic (exact) mass is 660 g/mol. The lowest BCUT2D eigenvalue weighted by molar-refractivity contribution is -0.139. The maximum absolute atomic E-state index is 14.0. The smallest absolute Gasteiger partial charge is 0.338 e. The molecule has 0 N–H and O–H groups in total. The van der Waals surface area contributed by atoms with Crippen LogP contribution in [0.3, 0.4) is 0 Å². The minimum atomic E-state index is -0.633. The lowest BCUT2D eigenvalue weighted by atomic mass is 9.92. The Hall–Kier alpha value is -2.49. The summed E-state index contributed by atoms with van der Waals surface area (Å²) in [4.78, 5) is 32.7. The molecule has 3 aromatic rings. The highest BCUT2D eigenvalue weighted by molar-refractivity contribution is 9.11. The number of ether oxygens (including phenoxy) is 2. The third-order valence-corrected chi connectivity index (χ3v) is 8.37. The van der Waals surface area contributed by atoms with Gasteiger partial charge in [0.05, 0.1) is 40.0 Å². The van der Waals surface area contributed by atoms with E-state index in [0.717, 1.165) is 26.5 Å². The average molecular weight is 662 g/mol. The topological polar surface area (TPSA) is 69.9 Å². The summed E-state index contributed by atoms with van der Waals surface area (Å²) in [6.45, 7) is 8.34. The van der Waals surface area contributed by atoms with Gasteiger partial charge in [-0.3, -0.25) is 9.36 Å². The lowest BCUT2D eigenvalue weighted by Crippen LogP contribution is -2.40. The van der Waals surface area contributed by atoms with Gasteiger partial charge in [0.25, 0.3) is 5.56 Å². The zero-order chi connectivity index (χ0) is 27.6. The molecular weight excluding hydrogens is 632 g/mol. The van der Waals surface area contributed by atoms with E-state index < -0.39 is 12.0 Å². The van der Waals surface area contributed by atoms with Crippen LogP contribution >= 0.6 is 43.2 Å². The van der Waals surface area contributed by atoms with Crippen LogP contribution in [0.1, 0.15) is 69.2 Å². The van der Waals surface area contributed by atoms with E-state index in [9.17, 15) is 9.59 Å². The molecule has 1 aliphatic heterocycles. The number of hydrogen-bond acceptors (Lipinski definition) is 6. The van der Waals surface area contributed by atoms with Gasteiger partial charge in [-0.25, -0.2) is 9.79 Å². The molecule has 200 valence electrons. The van der Waals surface area contributed by atoms with Crippen LogP contribution in [0, 0.1) is 0 Å². The number of hydrogen-bond donors (Lipinski definition) is 0. The van der Waals surface area contributed by atoms with Crippen molar-refractivity contribution in [3.8, 4) is 5.75 Å². The fourth-order valence-electron chi connectivity index (χ4n) is 4.54. The Labute approximate surface area is 243 Å². The number of fused-ring (bicyclic) bond motifs is 1. The molecule has 0 amide bonds. The van der Waals surface area contributed by atoms with Crippen LogP contribution in [0.25, 0.3) is 6.08 Å². The number of allylic oxidation sites excluding steroid dienone is 1. The zero-order valence-corrected chi connectivity index (χ0v) is 26.0. The summed E-state index contributed by atoms with van der Waals surface area (Å²) < 4.78 is 14.8. The quantitative estimate of drug-likeness (QED) is 0.268. The van der Waals surface area contributed by atoms with Crippen LogP contribution < -0.4 is 19.6 Å². The molecule has 0 aliphatic carbocycles. The van der Waals surface area contributed by atoms with E-state index in [4.69, 9.17) is 14.5 Å². The SMILES string of the molecule is CCCC1=C(C(=O)OCC)[C@H](c2ccc(C(C)C)cc2)n2c(s/c(=C\c3cc(Br)cc(Br)c3OC)c2=O)=N1. The number of esters is 1. The second kappa shape index (κ2) is 12.1. The highest BCUT2D eigenvalue weighted by Crippen LogP contribution is 2.34. The Kier molecular flexibility index (Phi) is 9.11. The first-order valence-electron chi connectivity index (χ1n) is 12.5. The van der Waals surface area contributed by atoms with Crippen molar-refractivity contribution in [1.29, 1.82) is 0 Å². The van der Waals surface area contributed by atoms with Crippen molar-refractivity contribution in [3.05, 3.63) is 93.0 Å². The van der Waals surface area contributed by atoms with Crippen molar-refractivity contribution < 1.29 is 14.3 Å². The first kappa shape index (κ1) is 28.5. The summed E-state index contributed by atoms with van der Waals surface area (Å²) in [5.41, 5.74) is 3.64. The van der Waals surface area contributed by atoms with Gasteiger partial charge in [0, 0.05) is 10.0 Å². The zero-order valence-electron chi connectivity index (χ0n) is 22.0. The maximum Gasteiger partial charge on any atom is 0.338 e. The van der Waals surface area contributed by atoms with Crippen LogP contribution in [0.4, 0.5) is 0 Å². The summed E-state index contributed by atoms with van der Waals surface area (Å²) in [5.74, 6) is 0.546. The molecule has 2 heterocycles. The number of carbonyl (C=O) groups excluding carboxylic acids is 1. The van der Waals surface area contributed by atoms with Gasteiger partial charge < -0.3 is 9.47 Å². The maximum atomic E-state index is 14.0. The number of methoxy groups -OCH3 is 1. The molecule has 1 atom stereocenters. The molecule has 1 aliphatic rings. The van der Waals surface area contributed by atoms with Gasteiger partial charge in [0.2, 0.25) is 0 Å². The predicted molar refractivity (Wildman–Crippen MR) is 159 cm³/mol. The molecule has 2 aromatic carbocycles. The molecule has 0 unspecified atom stereocenters. The van der Waals surface area contributed by atoms with Crippen LogP contribution in [0.5, 0.6) is 5.75 Å². The fraction of sp³-hybridized carbons (Fsp3) is 0.345. The number of rotatable bonds is 8. The number of nitrogens with zero attached hydrogens (tertiary/aromatic N) is 2. The molecule has 38 heavy (non-hydrogen) atoms. The number of carbonyl (C=O) groups is 1. The Balaban J connectivity index is 2.01. The third-order valence-electron chi connectivity index (χ3n) is 6.34. The molecule has 6 nitrogen and oxygen atoms in total. The van der Waals surface area contributed by atoms with Gasteiger partial charge in [0.1, 0.15) is 5.75 Å². The van der Waals surface area contributed by atoms with E-state index in [1.165, 1.54) is 16.9 Å². The van der Waals surface area contributed by atoms with Gasteiger partial charge in [-0.05, 0) is 64.5 Å². The highest BCUT2D eigenvalue weighted by atomic mass is 79.9. The summed E-state index contributed by atoms with van der Waals surface area (Å²) in [7, 11) is 1.59. The molecule has 0 fully saturated rings. The molecule has 0 radical (unpaired) electrons. The first-order chi connectivity index (χ1) is 18.2. The Morgan fingerprint density at radius 3 is 2.50 bits per heavy atom. The van der Waals surface area contributed by atoms with Crippen molar-refractivity contribution in [3.63, 3.8) is 0 Å². The van der Waals surface area contributed by atoms with Crippen molar-refractivity contribution in [2.75, 3.05) is 13.7 Å². The van der Waals surface area contributed by atoms with Gasteiger partial charge in [0.15, 0.2) is 4.80 Å². The number of benzene rings is 2. The molecule has 4 rings (SSSR count). The standard InChI is InChI=1S/C29H30Br2N2O4S/c1-6-8-22-24(28(35)37-7-2)25(18-11-9-17(10-12-18)16(3)4)33-27(34)23(38-29(33)32-22)14-19-13-20(30)15-21(31)26(19)36-5/h9-16,25H,6-8H2,1-5H3/b23-14-/t25-/m0/s1. The van der Waals surface area contributed by atoms with Crippen LogP contribution in [0.15, 0.2) is 66.4 Å². The molecular formula is C29H30Br2N2O4S. The molecule has 0 saturated carbocycles. The molecule has 0 spiro atoms. The summed E-state index contributed by atoms with van der Waals surface area (Å²) in [6.07, 6.45) is 3.22. The van der Waals surface area contributed by atoms with E-state index in [2.05, 4.69) is 57.8 Å². The summed E-state index contributed by atoms with van der Waals surface area (Å²) in [6, 6.07) is 11.3. The van der Waals surface area contributed by atoms with E-state index >= 15 is 0 Å². The van der Waals surface area contributed by atoms with Gasteiger partial charge >= 0.3 is 5.97 Å². The Morgan fingerprint density at radius 2 is 1.89 bits per heavy atom. The second-order valence-electron chi connectivity index (χ2n) is 9.25. The van der Waals surface area contributed by atoms with Gasteiger partial charge in [-0.15, -0.1) is 0 Å². The largest absolute Gasteiger partial charge is 0.495 e. The van der Waals surface area contributed by atoms with Crippen molar-refractivity contribution in [2.24, 2.45) is 4.99 Å². The highest BCUT2D eigenvalue weighted by Gasteiger charge is 2.34. The van der Waals surface area contributed by atoms with E-state index in [0.29, 0.717) is 38.7 Å². The second-order valence-corrected chi connectivity index (χ2v) is 12.0. The fourth-order valence-corrected chi connectivity index (χ4v) is 6.97. The average Bonchev–Trinajstić information content (AvgIpc) is 3.17. The molecule has 0 bridgehead atoms. The van der Waals surface area contributed by atoms with Crippen LogP contribution in [0.2, 0.25) is 0 Å². The van der Waals surface area contributed by atoms with Crippen molar-refractivity contribution in [2.45, 2.75) is 52.5 Å². The van der Waals surface area contributed by atoms with E-state index in [1.54, 1.807) is 18.6 Å². The first-order valence-corrected chi connectivity index (χ1v) is 14.9. The minimum absolute atomic E-state index is 0.220. The van der Waals surface area contributed by atoms with Gasteiger partial charge in [-0.2, -0.15) is 0 Å². The number of aromatic nitrogens is 1. The molecule has 0 saturated heterocycles. The normalized spacial score (nSPS) is 15.5. The van der Waals surface area contributed by atoms with Crippen LogP contribution in [-0.2, 0) is 9.53 Å². The minimum Gasteiger partial charge on any atom is -0.495 e. The number of halogens is 2. The van der Waals surface area contributed by atoms with Crippen LogP contribution in [-0.4, -0.2) is 24.3 Å². The summed E-state index contributed by atoms with van der Waals surface area (Å²) in [5, 5.41) is 0. The van der Waals surface area contributed by atoms with Crippen molar-refractivity contribution in [1.82, 2.24) is 4.57 Å². The Morgan fingerprint density at radius 1 is 1.18 bits per heavy atom. The Bertz CT molecular complexity index is 1570. The summed E-state index contributed by atoms with van der Waals surface area (Å²) >= 11 is 8.36. The third kappa shape index (κ3) is 5.60. The molecule has 9 heteroatoms. The lowest BCUT2D eigenvalue weighted by Gasteiger charge is -2.26.